The zero-order valence-corrected chi connectivity index (χ0v) is 14.7. The third-order valence-corrected chi connectivity index (χ3v) is 4.02. The second-order valence-corrected chi connectivity index (χ2v) is 5.77. The molecule has 24 heavy (non-hydrogen) atoms. The van der Waals surface area contributed by atoms with E-state index in [0.29, 0.717) is 17.9 Å². The maximum atomic E-state index is 10.6. The first-order valence-corrected chi connectivity index (χ1v) is 8.16. The molecule has 0 aliphatic rings. The van der Waals surface area contributed by atoms with Crippen molar-refractivity contribution < 1.29 is 10.0 Å². The van der Waals surface area contributed by atoms with Crippen molar-refractivity contribution in [2.45, 2.75) is 6.92 Å². The number of rotatable bonds is 7. The van der Waals surface area contributed by atoms with Gasteiger partial charge in [-0.3, -0.25) is 10.1 Å². The average Bonchev–Trinajstić information content (AvgIpc) is 2.59. The van der Waals surface area contributed by atoms with Gasteiger partial charge in [-0.05, 0) is 53.2 Å². The molecule has 2 rings (SSSR count). The second-order valence-electron chi connectivity index (χ2n) is 4.91. The summed E-state index contributed by atoms with van der Waals surface area (Å²) in [6.45, 7) is 3.46. The van der Waals surface area contributed by atoms with Gasteiger partial charge in [-0.25, -0.2) is 0 Å². The van der Waals surface area contributed by atoms with Gasteiger partial charge in [0.15, 0.2) is 0 Å². The zero-order chi connectivity index (χ0) is 17.5. The number of aliphatic hydroxyl groups is 1. The maximum Gasteiger partial charge on any atom is 0.269 e. The molecule has 7 nitrogen and oxygen atoms in total. The number of nitrogens with zero attached hydrogens (tertiary/aromatic N) is 4. The molecule has 0 radical (unpaired) electrons. The van der Waals surface area contributed by atoms with Crippen molar-refractivity contribution in [2.75, 3.05) is 24.6 Å². The maximum absolute atomic E-state index is 10.6. The third kappa shape index (κ3) is 4.59. The molecule has 0 saturated heterocycles. The van der Waals surface area contributed by atoms with Gasteiger partial charge in [-0.2, -0.15) is 5.11 Å². The molecule has 0 saturated carbocycles. The van der Waals surface area contributed by atoms with Gasteiger partial charge in [0.1, 0.15) is 0 Å². The summed E-state index contributed by atoms with van der Waals surface area (Å²) in [4.78, 5) is 12.2. The Balaban J connectivity index is 2.16. The molecule has 2 aromatic rings. The predicted octanol–water partition coefficient (Wildman–Crippen LogP) is 4.59. The first-order chi connectivity index (χ1) is 11.5. The Hall–Kier alpha value is -2.32. The lowest BCUT2D eigenvalue weighted by Crippen LogP contribution is -2.25. The van der Waals surface area contributed by atoms with Crippen LogP contribution in [0.25, 0.3) is 0 Å². The molecule has 0 atom stereocenters. The standard InChI is InChI=1S/C16H17BrN4O3/c1-2-20(9-10-22)14-7-8-16(15(17)11-14)19-18-12-3-5-13(6-4-12)21(23)24/h3-8,11,22H,2,9-10H2,1H3. The fourth-order valence-electron chi connectivity index (χ4n) is 2.12. The van der Waals surface area contributed by atoms with Gasteiger partial charge in [0, 0.05) is 35.4 Å². The first-order valence-electron chi connectivity index (χ1n) is 7.36. The number of likely N-dealkylation sites (N-methyl/N-ethyl adjacent to an activating group) is 1. The largest absolute Gasteiger partial charge is 0.395 e. The molecule has 0 aromatic heterocycles. The Morgan fingerprint density at radius 1 is 1.21 bits per heavy atom. The quantitative estimate of drug-likeness (QED) is 0.423. The smallest absolute Gasteiger partial charge is 0.269 e. The Morgan fingerprint density at radius 3 is 2.46 bits per heavy atom. The van der Waals surface area contributed by atoms with Crippen LogP contribution in [0.3, 0.4) is 0 Å². The Bertz CT molecular complexity index is 735. The number of hydrogen-bond acceptors (Lipinski definition) is 6. The lowest BCUT2D eigenvalue weighted by Gasteiger charge is -2.22. The van der Waals surface area contributed by atoms with Gasteiger partial charge in [-0.15, -0.1) is 5.11 Å². The van der Waals surface area contributed by atoms with Crippen molar-refractivity contribution in [3.05, 3.63) is 57.1 Å². The fourth-order valence-corrected chi connectivity index (χ4v) is 2.56. The number of azo groups is 1. The summed E-state index contributed by atoms with van der Waals surface area (Å²) in [7, 11) is 0. The average molecular weight is 393 g/mol. The van der Waals surface area contributed by atoms with Crippen LogP contribution in [0, 0.1) is 10.1 Å². The number of non-ortho nitro benzene ring substituents is 1. The minimum atomic E-state index is -0.456. The molecule has 0 aliphatic carbocycles. The van der Waals surface area contributed by atoms with Crippen LogP contribution in [0.1, 0.15) is 6.92 Å². The van der Waals surface area contributed by atoms with Crippen molar-refractivity contribution in [1.29, 1.82) is 0 Å². The van der Waals surface area contributed by atoms with E-state index in [2.05, 4.69) is 26.2 Å². The van der Waals surface area contributed by atoms with Gasteiger partial charge in [0.25, 0.3) is 5.69 Å². The summed E-state index contributed by atoms with van der Waals surface area (Å²) in [5.74, 6) is 0. The molecule has 1 N–H and O–H groups in total. The van der Waals surface area contributed by atoms with Crippen LogP contribution in [0.5, 0.6) is 0 Å². The highest BCUT2D eigenvalue weighted by Crippen LogP contribution is 2.31. The zero-order valence-electron chi connectivity index (χ0n) is 13.1. The SMILES string of the molecule is CCN(CCO)c1ccc(N=Nc2ccc([N+](=O)[O-])cc2)c(Br)c1. The minimum Gasteiger partial charge on any atom is -0.395 e. The molecule has 0 amide bonds. The van der Waals surface area contributed by atoms with E-state index in [0.717, 1.165) is 16.7 Å². The highest BCUT2D eigenvalue weighted by atomic mass is 79.9. The number of hydrogen-bond donors (Lipinski definition) is 1. The summed E-state index contributed by atoms with van der Waals surface area (Å²) in [6, 6.07) is 11.5. The Kier molecular flexibility index (Phi) is 6.39. The molecule has 0 spiro atoms. The number of nitro groups is 1. The van der Waals surface area contributed by atoms with E-state index >= 15 is 0 Å². The van der Waals surface area contributed by atoms with Crippen LogP contribution in [-0.2, 0) is 0 Å². The van der Waals surface area contributed by atoms with Gasteiger partial charge in [0.2, 0.25) is 0 Å². The normalized spacial score (nSPS) is 11.0. The summed E-state index contributed by atoms with van der Waals surface area (Å²) in [5.41, 5.74) is 2.18. The molecule has 126 valence electrons. The number of nitro benzene ring substituents is 1. The van der Waals surface area contributed by atoms with Crippen LogP contribution in [0.2, 0.25) is 0 Å². The molecule has 8 heteroatoms. The van der Waals surface area contributed by atoms with E-state index in [4.69, 9.17) is 5.11 Å². The number of benzene rings is 2. The van der Waals surface area contributed by atoms with Crippen LogP contribution < -0.4 is 4.90 Å². The van der Waals surface area contributed by atoms with Crippen molar-refractivity contribution in [2.24, 2.45) is 10.2 Å². The van der Waals surface area contributed by atoms with Gasteiger partial charge in [0.05, 0.1) is 22.9 Å². The van der Waals surface area contributed by atoms with Crippen molar-refractivity contribution in [3.63, 3.8) is 0 Å². The van der Waals surface area contributed by atoms with Crippen LogP contribution in [0.15, 0.2) is 57.2 Å². The number of aliphatic hydroxyl groups excluding tert-OH is 1. The van der Waals surface area contributed by atoms with E-state index in [1.807, 2.05) is 30.0 Å². The molecule has 2 aromatic carbocycles. The lowest BCUT2D eigenvalue weighted by atomic mass is 10.2. The highest BCUT2D eigenvalue weighted by Gasteiger charge is 2.07. The van der Waals surface area contributed by atoms with Gasteiger partial charge in [-0.1, -0.05) is 0 Å². The molecule has 0 unspecified atom stereocenters. The Morgan fingerprint density at radius 2 is 1.92 bits per heavy atom. The fraction of sp³-hybridized carbons (Fsp3) is 0.250. The predicted molar refractivity (Wildman–Crippen MR) is 96.4 cm³/mol. The molecule has 0 fully saturated rings. The van der Waals surface area contributed by atoms with Crippen molar-refractivity contribution >= 4 is 38.7 Å². The minimum absolute atomic E-state index is 0.0167. The molecular formula is C16H17BrN4O3. The summed E-state index contributed by atoms with van der Waals surface area (Å²) < 4.78 is 0.780. The summed E-state index contributed by atoms with van der Waals surface area (Å²) >= 11 is 3.47. The summed E-state index contributed by atoms with van der Waals surface area (Å²) in [5, 5.41) is 28.0. The second kappa shape index (κ2) is 8.51. The topological polar surface area (TPSA) is 91.3 Å². The van der Waals surface area contributed by atoms with Gasteiger partial charge >= 0.3 is 0 Å². The lowest BCUT2D eigenvalue weighted by molar-refractivity contribution is -0.384. The monoisotopic (exact) mass is 392 g/mol. The van der Waals surface area contributed by atoms with Crippen LogP contribution in [0.4, 0.5) is 22.7 Å². The van der Waals surface area contributed by atoms with Crippen molar-refractivity contribution in [3.8, 4) is 0 Å². The van der Waals surface area contributed by atoms with E-state index in [-0.39, 0.29) is 12.3 Å². The number of anilines is 1. The van der Waals surface area contributed by atoms with E-state index < -0.39 is 4.92 Å². The van der Waals surface area contributed by atoms with E-state index in [9.17, 15) is 10.1 Å². The molecule has 0 heterocycles. The van der Waals surface area contributed by atoms with Crippen LogP contribution in [-0.4, -0.2) is 29.7 Å². The number of halogens is 1. The van der Waals surface area contributed by atoms with E-state index in [1.54, 1.807) is 12.1 Å². The third-order valence-electron chi connectivity index (χ3n) is 3.38. The van der Waals surface area contributed by atoms with E-state index in [1.165, 1.54) is 12.1 Å². The highest BCUT2D eigenvalue weighted by molar-refractivity contribution is 9.10. The van der Waals surface area contributed by atoms with Gasteiger partial charge < -0.3 is 10.0 Å². The molecule has 0 bridgehead atoms. The van der Waals surface area contributed by atoms with Crippen molar-refractivity contribution in [1.82, 2.24) is 0 Å². The first kappa shape index (κ1) is 18.0. The molecular weight excluding hydrogens is 376 g/mol. The van der Waals surface area contributed by atoms with Crippen LogP contribution >= 0.6 is 15.9 Å². The molecule has 0 aliphatic heterocycles. The Labute approximate surface area is 147 Å². The summed E-state index contributed by atoms with van der Waals surface area (Å²) in [6.07, 6.45) is 0.